The summed E-state index contributed by atoms with van der Waals surface area (Å²) in [5.74, 6) is 0.426. The van der Waals surface area contributed by atoms with Crippen molar-refractivity contribution in [3.05, 3.63) is 82.6 Å². The molecule has 7 nitrogen and oxygen atoms in total. The van der Waals surface area contributed by atoms with E-state index in [2.05, 4.69) is 10.4 Å². The molecule has 0 radical (unpaired) electrons. The first-order valence-electron chi connectivity index (χ1n) is 9.64. The summed E-state index contributed by atoms with van der Waals surface area (Å²) in [6.45, 7) is 0.485. The molecule has 7 heteroatoms. The Labute approximate surface area is 174 Å². The molecule has 0 aliphatic carbocycles. The number of nitrogens with zero attached hydrogens (tertiary/aromatic N) is 2. The Balaban J connectivity index is 1.52. The molecule has 0 aliphatic heterocycles. The van der Waals surface area contributed by atoms with Crippen molar-refractivity contribution < 1.29 is 14.3 Å². The fraction of sp³-hybridized carbons (Fsp3) is 0.217. The molecule has 3 aromatic rings. The van der Waals surface area contributed by atoms with Gasteiger partial charge in [-0.05, 0) is 30.3 Å². The summed E-state index contributed by atoms with van der Waals surface area (Å²) in [6, 6.07) is 19.4. The van der Waals surface area contributed by atoms with Crippen LogP contribution in [-0.4, -0.2) is 35.1 Å². The first-order chi connectivity index (χ1) is 14.6. The Morgan fingerprint density at radius 1 is 0.967 bits per heavy atom. The number of Topliss-reactive ketones (excluding diaryl/α,β-unsaturated/α-hetero) is 1. The minimum absolute atomic E-state index is 0.0733. The molecule has 0 spiro atoms. The number of nitrogens with one attached hydrogen (secondary N) is 1. The molecule has 0 bridgehead atoms. The molecular formula is C23H23N3O4. The van der Waals surface area contributed by atoms with Crippen LogP contribution < -0.4 is 15.6 Å². The third kappa shape index (κ3) is 5.64. The van der Waals surface area contributed by atoms with Crippen LogP contribution in [0.25, 0.3) is 11.3 Å². The maximum absolute atomic E-state index is 12.1. The number of amides is 1. The van der Waals surface area contributed by atoms with Crippen molar-refractivity contribution in [1.29, 1.82) is 0 Å². The van der Waals surface area contributed by atoms with E-state index in [1.54, 1.807) is 37.4 Å². The topological polar surface area (TPSA) is 90.3 Å². The lowest BCUT2D eigenvalue weighted by Gasteiger charge is -2.09. The quantitative estimate of drug-likeness (QED) is 0.553. The predicted molar refractivity (Wildman–Crippen MR) is 114 cm³/mol. The number of methoxy groups -OCH3 is 1. The number of aromatic nitrogens is 2. The van der Waals surface area contributed by atoms with Gasteiger partial charge in [0.2, 0.25) is 5.91 Å². The van der Waals surface area contributed by atoms with E-state index in [0.29, 0.717) is 11.3 Å². The van der Waals surface area contributed by atoms with Crippen molar-refractivity contribution in [3.63, 3.8) is 0 Å². The maximum Gasteiger partial charge on any atom is 0.266 e. The van der Waals surface area contributed by atoms with E-state index in [-0.39, 0.29) is 43.2 Å². The van der Waals surface area contributed by atoms with Crippen LogP contribution >= 0.6 is 0 Å². The van der Waals surface area contributed by atoms with E-state index >= 15 is 0 Å². The average molecular weight is 405 g/mol. The number of rotatable bonds is 9. The summed E-state index contributed by atoms with van der Waals surface area (Å²) in [6.07, 6.45) is 0.239. The maximum atomic E-state index is 12.1. The Morgan fingerprint density at radius 3 is 2.40 bits per heavy atom. The van der Waals surface area contributed by atoms with Crippen LogP contribution in [0.3, 0.4) is 0 Å². The molecule has 0 aliphatic rings. The number of benzene rings is 2. The predicted octanol–water partition coefficient (Wildman–Crippen LogP) is 2.70. The van der Waals surface area contributed by atoms with E-state index in [0.717, 1.165) is 11.3 Å². The van der Waals surface area contributed by atoms with Gasteiger partial charge in [-0.25, -0.2) is 4.68 Å². The molecule has 154 valence electrons. The first-order valence-corrected chi connectivity index (χ1v) is 9.64. The van der Waals surface area contributed by atoms with E-state index < -0.39 is 0 Å². The summed E-state index contributed by atoms with van der Waals surface area (Å²) in [5, 5.41) is 7.10. The largest absolute Gasteiger partial charge is 0.497 e. The van der Waals surface area contributed by atoms with Gasteiger partial charge in [0.15, 0.2) is 5.78 Å². The van der Waals surface area contributed by atoms with Crippen molar-refractivity contribution >= 4 is 11.7 Å². The highest BCUT2D eigenvalue weighted by atomic mass is 16.5. The molecule has 0 saturated carbocycles. The summed E-state index contributed by atoms with van der Waals surface area (Å²) in [4.78, 5) is 36.2. The Bertz CT molecular complexity index is 1060. The van der Waals surface area contributed by atoms with E-state index in [1.807, 2.05) is 30.3 Å². The second kappa shape index (κ2) is 10.2. The molecule has 0 saturated heterocycles. The van der Waals surface area contributed by atoms with Crippen LogP contribution in [0, 0.1) is 0 Å². The van der Waals surface area contributed by atoms with Gasteiger partial charge in [-0.1, -0.05) is 30.3 Å². The van der Waals surface area contributed by atoms with Crippen molar-refractivity contribution in [2.45, 2.75) is 19.4 Å². The standard InChI is InChI=1S/C23H23N3O4/c1-30-19-9-7-17(8-10-19)20-11-14-23(29)26(25-20)16-15-24-22(28)13-12-21(27)18-5-3-2-4-6-18/h2-11,14H,12-13,15-16H2,1H3,(H,24,28). The molecule has 1 amide bonds. The molecule has 2 aromatic carbocycles. The van der Waals surface area contributed by atoms with E-state index in [1.165, 1.54) is 10.7 Å². The highest BCUT2D eigenvalue weighted by Gasteiger charge is 2.09. The fourth-order valence-electron chi connectivity index (χ4n) is 2.91. The monoisotopic (exact) mass is 405 g/mol. The smallest absolute Gasteiger partial charge is 0.266 e. The number of hydrogen-bond donors (Lipinski definition) is 1. The highest BCUT2D eigenvalue weighted by Crippen LogP contribution is 2.19. The lowest BCUT2D eigenvalue weighted by atomic mass is 10.1. The molecule has 0 atom stereocenters. The van der Waals surface area contributed by atoms with Crippen molar-refractivity contribution in [2.75, 3.05) is 13.7 Å². The zero-order valence-electron chi connectivity index (χ0n) is 16.7. The van der Waals surface area contributed by atoms with Gasteiger partial charge in [0.25, 0.3) is 5.56 Å². The second-order valence-corrected chi connectivity index (χ2v) is 6.65. The van der Waals surface area contributed by atoms with Crippen LogP contribution in [0.2, 0.25) is 0 Å². The Hall–Kier alpha value is -3.74. The second-order valence-electron chi connectivity index (χ2n) is 6.65. The minimum atomic E-state index is -0.249. The summed E-state index contributed by atoms with van der Waals surface area (Å²) in [7, 11) is 1.60. The summed E-state index contributed by atoms with van der Waals surface area (Å²) in [5.41, 5.74) is 1.85. The summed E-state index contributed by atoms with van der Waals surface area (Å²) >= 11 is 0. The van der Waals surface area contributed by atoms with Crippen LogP contribution in [-0.2, 0) is 11.3 Å². The third-order valence-corrected chi connectivity index (χ3v) is 4.57. The van der Waals surface area contributed by atoms with Crippen molar-refractivity contribution in [3.8, 4) is 17.0 Å². The van der Waals surface area contributed by atoms with Crippen molar-refractivity contribution in [1.82, 2.24) is 15.1 Å². The first kappa shape index (κ1) is 21.0. The molecule has 1 heterocycles. The van der Waals surface area contributed by atoms with Gasteiger partial charge < -0.3 is 10.1 Å². The molecule has 30 heavy (non-hydrogen) atoms. The highest BCUT2D eigenvalue weighted by molar-refractivity contribution is 5.97. The lowest BCUT2D eigenvalue weighted by molar-refractivity contribution is -0.121. The normalized spacial score (nSPS) is 10.4. The molecule has 1 aromatic heterocycles. The van der Waals surface area contributed by atoms with Crippen LogP contribution in [0.1, 0.15) is 23.2 Å². The molecule has 0 unspecified atom stereocenters. The molecular weight excluding hydrogens is 382 g/mol. The van der Waals surface area contributed by atoms with Crippen molar-refractivity contribution in [2.24, 2.45) is 0 Å². The van der Waals surface area contributed by atoms with Crippen LogP contribution in [0.4, 0.5) is 0 Å². The third-order valence-electron chi connectivity index (χ3n) is 4.57. The molecule has 0 fully saturated rings. The SMILES string of the molecule is COc1ccc(-c2ccc(=O)n(CCNC(=O)CCC(=O)c3ccccc3)n2)cc1. The zero-order chi connectivity index (χ0) is 21.3. The van der Waals surface area contributed by atoms with E-state index in [9.17, 15) is 14.4 Å². The number of carbonyl (C=O) groups excluding carboxylic acids is 2. The number of ether oxygens (including phenoxy) is 1. The van der Waals surface area contributed by atoms with Gasteiger partial charge >= 0.3 is 0 Å². The number of hydrogen-bond acceptors (Lipinski definition) is 5. The number of carbonyl (C=O) groups is 2. The molecule has 1 N–H and O–H groups in total. The van der Waals surface area contributed by atoms with E-state index in [4.69, 9.17) is 4.74 Å². The molecule has 3 rings (SSSR count). The Kier molecular flexibility index (Phi) is 7.10. The van der Waals surface area contributed by atoms with Gasteiger partial charge in [-0.2, -0.15) is 5.10 Å². The average Bonchev–Trinajstić information content (AvgIpc) is 2.79. The van der Waals surface area contributed by atoms with Gasteiger partial charge in [-0.3, -0.25) is 14.4 Å². The summed E-state index contributed by atoms with van der Waals surface area (Å²) < 4.78 is 6.46. The van der Waals surface area contributed by atoms with Gasteiger partial charge in [-0.15, -0.1) is 0 Å². The van der Waals surface area contributed by atoms with Crippen LogP contribution in [0.5, 0.6) is 5.75 Å². The van der Waals surface area contributed by atoms with Gasteiger partial charge in [0.1, 0.15) is 5.75 Å². The van der Waals surface area contributed by atoms with Gasteiger partial charge in [0.05, 0.1) is 19.3 Å². The number of ketones is 1. The Morgan fingerprint density at radius 2 is 1.70 bits per heavy atom. The van der Waals surface area contributed by atoms with Crippen LogP contribution in [0.15, 0.2) is 71.5 Å². The fourth-order valence-corrected chi connectivity index (χ4v) is 2.91. The van der Waals surface area contributed by atoms with Gasteiger partial charge in [0, 0.05) is 36.6 Å². The zero-order valence-corrected chi connectivity index (χ0v) is 16.7. The minimum Gasteiger partial charge on any atom is -0.497 e. The lowest BCUT2D eigenvalue weighted by Crippen LogP contribution is -2.32.